The van der Waals surface area contributed by atoms with Crippen molar-refractivity contribution < 1.29 is 13.9 Å². The average molecular weight is 381 g/mol. The fraction of sp³-hybridized carbons (Fsp3) is 0.158. The van der Waals surface area contributed by atoms with Gasteiger partial charge in [0.05, 0.1) is 17.5 Å². The van der Waals surface area contributed by atoms with E-state index in [1.165, 1.54) is 24.9 Å². The first-order chi connectivity index (χ1) is 13.1. The molecule has 8 heteroatoms. The third kappa shape index (κ3) is 2.87. The van der Waals surface area contributed by atoms with Gasteiger partial charge in [-0.1, -0.05) is 30.0 Å². The topological polar surface area (TPSA) is 83.1 Å². The number of hydrogen-bond acceptors (Lipinski definition) is 5. The predicted octanol–water partition coefficient (Wildman–Crippen LogP) is 2.51. The first-order valence-corrected chi connectivity index (χ1v) is 9.33. The number of aromatic amines is 1. The van der Waals surface area contributed by atoms with Crippen molar-refractivity contribution in [3.8, 4) is 11.3 Å². The maximum atomic E-state index is 12.9. The summed E-state index contributed by atoms with van der Waals surface area (Å²) in [6.45, 7) is 5.18. The van der Waals surface area contributed by atoms with Gasteiger partial charge < -0.3 is 4.42 Å². The maximum absolute atomic E-state index is 12.9. The van der Waals surface area contributed by atoms with Crippen molar-refractivity contribution in [2.24, 2.45) is 0 Å². The van der Waals surface area contributed by atoms with Crippen LogP contribution < -0.4 is 15.1 Å². The van der Waals surface area contributed by atoms with Crippen LogP contribution in [0.25, 0.3) is 11.3 Å². The molecule has 0 aliphatic carbocycles. The molecule has 4 rings (SSSR count). The SMILES string of the molecule is C=CCSc1n[n+]2c(c(=O)[nH]1)-c1ccccc1N(C(C)=O)[C@@H]2c1ccco1. The molecule has 27 heavy (non-hydrogen) atoms. The lowest BCUT2D eigenvalue weighted by atomic mass is 10.0. The smallest absolute Gasteiger partial charge is 0.325 e. The summed E-state index contributed by atoms with van der Waals surface area (Å²) in [5.41, 5.74) is 1.39. The van der Waals surface area contributed by atoms with E-state index in [1.54, 1.807) is 27.8 Å². The molecule has 0 bridgehead atoms. The Bertz CT molecular complexity index is 1070. The summed E-state index contributed by atoms with van der Waals surface area (Å²) >= 11 is 1.36. The van der Waals surface area contributed by atoms with Crippen molar-refractivity contribution >= 4 is 23.4 Å². The number of para-hydroxylation sites is 1. The Labute approximate surface area is 159 Å². The highest BCUT2D eigenvalue weighted by molar-refractivity contribution is 7.99. The summed E-state index contributed by atoms with van der Waals surface area (Å²) in [6, 6.07) is 10.8. The molecule has 136 valence electrons. The molecule has 1 aliphatic heterocycles. The fourth-order valence-corrected chi connectivity index (χ4v) is 3.80. The minimum atomic E-state index is -0.687. The third-order valence-corrected chi connectivity index (χ3v) is 5.09. The monoisotopic (exact) mass is 381 g/mol. The lowest BCUT2D eigenvalue weighted by Crippen LogP contribution is -2.60. The fourth-order valence-electron chi connectivity index (χ4n) is 3.21. The van der Waals surface area contributed by atoms with Crippen LogP contribution in [0.2, 0.25) is 0 Å². The molecule has 0 saturated carbocycles. The van der Waals surface area contributed by atoms with Crippen LogP contribution in [0.4, 0.5) is 5.69 Å². The first kappa shape index (κ1) is 17.3. The van der Waals surface area contributed by atoms with E-state index in [1.807, 2.05) is 24.3 Å². The van der Waals surface area contributed by atoms with Gasteiger partial charge in [0.1, 0.15) is 0 Å². The van der Waals surface area contributed by atoms with E-state index in [9.17, 15) is 9.59 Å². The van der Waals surface area contributed by atoms with Crippen molar-refractivity contribution in [2.75, 3.05) is 10.7 Å². The van der Waals surface area contributed by atoms with Gasteiger partial charge in [-0.2, -0.15) is 0 Å². The van der Waals surface area contributed by atoms with Crippen molar-refractivity contribution in [2.45, 2.75) is 18.2 Å². The van der Waals surface area contributed by atoms with Crippen molar-refractivity contribution in [1.82, 2.24) is 10.1 Å². The minimum absolute atomic E-state index is 0.177. The van der Waals surface area contributed by atoms with Crippen LogP contribution in [0.5, 0.6) is 0 Å². The van der Waals surface area contributed by atoms with Gasteiger partial charge in [0, 0.05) is 17.8 Å². The molecular weight excluding hydrogens is 364 g/mol. The van der Waals surface area contributed by atoms with Crippen molar-refractivity contribution in [1.29, 1.82) is 0 Å². The van der Waals surface area contributed by atoms with Crippen molar-refractivity contribution in [3.05, 3.63) is 71.4 Å². The van der Waals surface area contributed by atoms with Gasteiger partial charge in [0.15, 0.2) is 5.76 Å². The summed E-state index contributed by atoms with van der Waals surface area (Å²) < 4.78 is 7.16. The maximum Gasteiger partial charge on any atom is 0.325 e. The number of benzene rings is 1. The van der Waals surface area contributed by atoms with Gasteiger partial charge in [-0.15, -0.1) is 6.58 Å². The molecule has 7 nitrogen and oxygen atoms in total. The van der Waals surface area contributed by atoms with Crippen LogP contribution in [0.3, 0.4) is 0 Å². The molecule has 0 radical (unpaired) electrons. The average Bonchev–Trinajstić information content (AvgIpc) is 3.19. The predicted molar refractivity (Wildman–Crippen MR) is 101 cm³/mol. The highest BCUT2D eigenvalue weighted by Crippen LogP contribution is 2.37. The zero-order chi connectivity index (χ0) is 19.0. The normalized spacial score (nSPS) is 15.1. The molecular formula is C19H17N4O3S+. The Kier molecular flexibility index (Phi) is 4.41. The Hall–Kier alpha value is -3.13. The molecule has 0 unspecified atom stereocenters. The second-order valence-electron chi connectivity index (χ2n) is 5.95. The number of carbonyl (C=O) groups is 1. The zero-order valence-electron chi connectivity index (χ0n) is 14.6. The molecule has 1 atom stereocenters. The molecule has 0 spiro atoms. The van der Waals surface area contributed by atoms with Gasteiger partial charge in [-0.05, 0) is 28.9 Å². The van der Waals surface area contributed by atoms with E-state index in [2.05, 4.69) is 16.7 Å². The van der Waals surface area contributed by atoms with Crippen LogP contribution in [-0.2, 0) is 4.79 Å². The number of aromatic nitrogens is 3. The number of amides is 1. The zero-order valence-corrected chi connectivity index (χ0v) is 15.4. The van der Waals surface area contributed by atoms with E-state index >= 15 is 0 Å². The summed E-state index contributed by atoms with van der Waals surface area (Å²) in [6.07, 6.45) is 2.58. The lowest BCUT2D eigenvalue weighted by Gasteiger charge is -2.29. The minimum Gasteiger partial charge on any atom is -0.460 e. The van der Waals surface area contributed by atoms with Crippen LogP contribution in [0.15, 0.2) is 69.7 Å². The molecule has 1 amide bonds. The Balaban J connectivity index is 2.03. The second kappa shape index (κ2) is 6.88. The lowest BCUT2D eigenvalue weighted by molar-refractivity contribution is -0.764. The summed E-state index contributed by atoms with van der Waals surface area (Å²) in [4.78, 5) is 29.9. The Morgan fingerprint density at radius 2 is 2.22 bits per heavy atom. The summed E-state index contributed by atoms with van der Waals surface area (Å²) in [5, 5.41) is 5.05. The van der Waals surface area contributed by atoms with Gasteiger partial charge >= 0.3 is 17.4 Å². The number of furan rings is 1. The quantitative estimate of drug-likeness (QED) is 0.427. The molecule has 3 heterocycles. The molecule has 3 aromatic rings. The molecule has 0 saturated heterocycles. The number of rotatable bonds is 4. The van der Waals surface area contributed by atoms with Gasteiger partial charge in [0.2, 0.25) is 11.1 Å². The summed E-state index contributed by atoms with van der Waals surface area (Å²) in [7, 11) is 0. The number of hydrogen-bond donors (Lipinski definition) is 1. The highest BCUT2D eigenvalue weighted by Gasteiger charge is 2.46. The Morgan fingerprint density at radius 3 is 2.93 bits per heavy atom. The van der Waals surface area contributed by atoms with Gasteiger partial charge in [-0.25, -0.2) is 4.90 Å². The molecule has 1 aromatic carbocycles. The van der Waals surface area contributed by atoms with Gasteiger partial charge in [0.25, 0.3) is 0 Å². The Morgan fingerprint density at radius 1 is 1.41 bits per heavy atom. The first-order valence-electron chi connectivity index (χ1n) is 8.34. The molecule has 1 N–H and O–H groups in total. The third-order valence-electron chi connectivity index (χ3n) is 4.23. The summed E-state index contributed by atoms with van der Waals surface area (Å²) in [5.74, 6) is 0.939. The number of H-pyrrole nitrogens is 1. The van der Waals surface area contributed by atoms with Crippen LogP contribution in [0, 0.1) is 0 Å². The van der Waals surface area contributed by atoms with Crippen LogP contribution >= 0.6 is 11.8 Å². The van der Waals surface area contributed by atoms with Crippen LogP contribution in [-0.4, -0.2) is 21.7 Å². The van der Waals surface area contributed by atoms with E-state index in [4.69, 9.17) is 4.42 Å². The largest absolute Gasteiger partial charge is 0.460 e. The molecule has 1 aliphatic rings. The van der Waals surface area contributed by atoms with Crippen LogP contribution in [0.1, 0.15) is 18.8 Å². The number of thioether (sulfide) groups is 1. The second-order valence-corrected chi connectivity index (χ2v) is 6.96. The number of nitrogens with zero attached hydrogens (tertiary/aromatic N) is 3. The number of anilines is 1. The van der Waals surface area contributed by atoms with E-state index < -0.39 is 6.17 Å². The van der Waals surface area contributed by atoms with Gasteiger partial charge in [-0.3, -0.25) is 14.6 Å². The highest BCUT2D eigenvalue weighted by atomic mass is 32.2. The van der Waals surface area contributed by atoms with Crippen molar-refractivity contribution in [3.63, 3.8) is 0 Å². The number of nitrogens with one attached hydrogen (secondary N) is 1. The van der Waals surface area contributed by atoms with E-state index in [0.717, 1.165) is 0 Å². The molecule has 2 aromatic heterocycles. The number of carbonyl (C=O) groups excluding carboxylic acids is 1. The molecule has 0 fully saturated rings. The van der Waals surface area contributed by atoms with E-state index in [0.29, 0.717) is 33.6 Å². The van der Waals surface area contributed by atoms with E-state index in [-0.39, 0.29) is 11.5 Å². The number of fused-ring (bicyclic) bond motifs is 3. The standard InChI is InChI=1S/C19H16N4O3S/c1-3-11-27-19-20-17(25)16-13-7-4-5-8-14(13)22(12(2)24)18(23(16)21-19)15-9-6-10-26-15/h3-10,18H,1,11H2,2H3/p+1/t18-/m0/s1.